The lowest BCUT2D eigenvalue weighted by atomic mass is 10.1. The number of aryl methyl sites for hydroxylation is 1. The van der Waals surface area contributed by atoms with Crippen LogP contribution in [-0.4, -0.2) is 15.2 Å². The molecule has 1 heterocycles. The molecule has 0 spiro atoms. The topological polar surface area (TPSA) is 17.8 Å². The maximum absolute atomic E-state index is 6.11. The van der Waals surface area contributed by atoms with Crippen LogP contribution in [0.25, 0.3) is 0 Å². The highest BCUT2D eigenvalue weighted by molar-refractivity contribution is 6.20. The Morgan fingerprint density at radius 2 is 2.25 bits per heavy atom. The van der Waals surface area contributed by atoms with Gasteiger partial charge in [0, 0.05) is 11.6 Å². The zero-order valence-electron chi connectivity index (χ0n) is 10.0. The molecule has 3 heteroatoms. The van der Waals surface area contributed by atoms with Crippen LogP contribution in [0.2, 0.25) is 0 Å². The van der Waals surface area contributed by atoms with Crippen LogP contribution in [0.3, 0.4) is 0 Å². The molecular formula is C13H21ClN2. The van der Waals surface area contributed by atoms with Crippen LogP contribution in [0.4, 0.5) is 0 Å². The average molecular weight is 241 g/mol. The summed E-state index contributed by atoms with van der Waals surface area (Å²) in [5.41, 5.74) is 1.20. The third-order valence-corrected chi connectivity index (χ3v) is 4.05. The Morgan fingerprint density at radius 1 is 1.50 bits per heavy atom. The minimum Gasteiger partial charge on any atom is -0.269 e. The van der Waals surface area contributed by atoms with E-state index in [0.29, 0.717) is 11.4 Å². The van der Waals surface area contributed by atoms with Crippen molar-refractivity contribution in [1.82, 2.24) is 9.78 Å². The molecule has 1 aliphatic carbocycles. The molecule has 0 amide bonds. The van der Waals surface area contributed by atoms with Crippen molar-refractivity contribution >= 4 is 11.6 Å². The second-order valence-corrected chi connectivity index (χ2v) is 5.39. The highest BCUT2D eigenvalue weighted by atomic mass is 35.5. The highest BCUT2D eigenvalue weighted by Gasteiger charge is 2.17. The molecule has 0 saturated heterocycles. The molecule has 1 atom stereocenters. The van der Waals surface area contributed by atoms with Gasteiger partial charge in [0.15, 0.2) is 0 Å². The molecular weight excluding hydrogens is 220 g/mol. The largest absolute Gasteiger partial charge is 0.269 e. The lowest BCUT2D eigenvalue weighted by molar-refractivity contribution is 0.462. The first kappa shape index (κ1) is 12.0. The van der Waals surface area contributed by atoms with Gasteiger partial charge in [0.05, 0.1) is 11.7 Å². The molecule has 1 fully saturated rings. The molecule has 90 valence electrons. The van der Waals surface area contributed by atoms with E-state index >= 15 is 0 Å². The highest BCUT2D eigenvalue weighted by Crippen LogP contribution is 2.28. The van der Waals surface area contributed by atoms with Gasteiger partial charge in [-0.25, -0.2) is 0 Å². The summed E-state index contributed by atoms with van der Waals surface area (Å²) in [7, 11) is 0. The zero-order valence-corrected chi connectivity index (χ0v) is 10.8. The zero-order chi connectivity index (χ0) is 11.4. The summed E-state index contributed by atoms with van der Waals surface area (Å²) >= 11 is 6.11. The van der Waals surface area contributed by atoms with Crippen molar-refractivity contribution in [3.8, 4) is 0 Å². The Hall–Kier alpha value is -0.500. The summed E-state index contributed by atoms with van der Waals surface area (Å²) in [5, 5.41) is 4.96. The van der Waals surface area contributed by atoms with Crippen LogP contribution in [0.15, 0.2) is 12.3 Å². The van der Waals surface area contributed by atoms with Crippen molar-refractivity contribution in [3.63, 3.8) is 0 Å². The Kier molecular flexibility index (Phi) is 4.28. The second-order valence-electron chi connectivity index (χ2n) is 4.77. The summed E-state index contributed by atoms with van der Waals surface area (Å²) in [6.07, 6.45) is 10.6. The number of hydrogen-bond acceptors (Lipinski definition) is 1. The third kappa shape index (κ3) is 3.00. The van der Waals surface area contributed by atoms with Gasteiger partial charge in [-0.3, -0.25) is 4.68 Å². The van der Waals surface area contributed by atoms with Gasteiger partial charge >= 0.3 is 0 Å². The van der Waals surface area contributed by atoms with Gasteiger partial charge in [-0.1, -0.05) is 19.8 Å². The summed E-state index contributed by atoms with van der Waals surface area (Å²) in [5.74, 6) is 0. The molecule has 0 bridgehead atoms. The molecule has 2 rings (SSSR count). The van der Waals surface area contributed by atoms with Crippen LogP contribution in [0, 0.1) is 0 Å². The van der Waals surface area contributed by atoms with Gasteiger partial charge in [-0.05, 0) is 38.2 Å². The SMILES string of the molecule is CCC(Cl)CCc1ccn(C2CCCC2)n1. The van der Waals surface area contributed by atoms with Gasteiger partial charge in [-0.15, -0.1) is 11.6 Å². The summed E-state index contributed by atoms with van der Waals surface area (Å²) < 4.78 is 2.16. The number of halogens is 1. The standard InChI is InChI=1S/C13H21ClN2/c1-2-11(14)7-8-12-9-10-16(15-12)13-5-3-4-6-13/h9-11,13H,2-8H2,1H3. The minimum absolute atomic E-state index is 0.302. The van der Waals surface area contributed by atoms with Crippen LogP contribution in [-0.2, 0) is 6.42 Å². The predicted molar refractivity (Wildman–Crippen MR) is 68.0 cm³/mol. The van der Waals surface area contributed by atoms with Crippen LogP contribution < -0.4 is 0 Å². The molecule has 1 saturated carbocycles. The molecule has 1 aliphatic rings. The fourth-order valence-corrected chi connectivity index (χ4v) is 2.50. The molecule has 0 N–H and O–H groups in total. The van der Waals surface area contributed by atoms with E-state index in [4.69, 9.17) is 11.6 Å². The van der Waals surface area contributed by atoms with Crippen LogP contribution >= 0.6 is 11.6 Å². The Morgan fingerprint density at radius 3 is 2.94 bits per heavy atom. The van der Waals surface area contributed by atoms with E-state index in [1.54, 1.807) is 0 Å². The van der Waals surface area contributed by atoms with Crippen molar-refractivity contribution in [1.29, 1.82) is 0 Å². The van der Waals surface area contributed by atoms with Crippen molar-refractivity contribution in [2.45, 2.75) is 63.3 Å². The lowest BCUT2D eigenvalue weighted by Crippen LogP contribution is -2.06. The van der Waals surface area contributed by atoms with Crippen LogP contribution in [0.1, 0.15) is 57.2 Å². The number of nitrogens with zero attached hydrogens (tertiary/aromatic N) is 2. The van der Waals surface area contributed by atoms with Crippen LogP contribution in [0.5, 0.6) is 0 Å². The molecule has 0 radical (unpaired) electrons. The average Bonchev–Trinajstić information content (AvgIpc) is 2.95. The van der Waals surface area contributed by atoms with Crippen molar-refractivity contribution in [2.75, 3.05) is 0 Å². The smallest absolute Gasteiger partial charge is 0.0625 e. The molecule has 1 aromatic heterocycles. The monoisotopic (exact) mass is 240 g/mol. The minimum atomic E-state index is 0.302. The van der Waals surface area contributed by atoms with Gasteiger partial charge in [0.2, 0.25) is 0 Å². The van der Waals surface area contributed by atoms with E-state index in [0.717, 1.165) is 19.3 Å². The first-order chi connectivity index (χ1) is 7.79. The first-order valence-corrected chi connectivity index (χ1v) is 6.91. The van der Waals surface area contributed by atoms with E-state index in [1.165, 1.54) is 31.4 Å². The maximum Gasteiger partial charge on any atom is 0.0625 e. The Labute approximate surface area is 103 Å². The summed E-state index contributed by atoms with van der Waals surface area (Å²) in [6, 6.07) is 2.81. The number of aromatic nitrogens is 2. The normalized spacial score (nSPS) is 19.1. The van der Waals surface area contributed by atoms with Gasteiger partial charge in [0.1, 0.15) is 0 Å². The van der Waals surface area contributed by atoms with E-state index in [1.807, 2.05) is 0 Å². The maximum atomic E-state index is 6.11. The lowest BCUT2D eigenvalue weighted by Gasteiger charge is -2.09. The van der Waals surface area contributed by atoms with Gasteiger partial charge in [-0.2, -0.15) is 5.10 Å². The molecule has 0 aliphatic heterocycles. The van der Waals surface area contributed by atoms with E-state index in [9.17, 15) is 0 Å². The molecule has 2 nitrogen and oxygen atoms in total. The predicted octanol–water partition coefficient (Wildman–Crippen LogP) is 3.95. The van der Waals surface area contributed by atoms with E-state index in [2.05, 4.69) is 29.0 Å². The summed E-state index contributed by atoms with van der Waals surface area (Å²) in [6.45, 7) is 2.13. The second kappa shape index (κ2) is 5.72. The number of rotatable bonds is 5. The molecule has 0 aromatic carbocycles. The van der Waals surface area contributed by atoms with Crippen molar-refractivity contribution < 1.29 is 0 Å². The first-order valence-electron chi connectivity index (χ1n) is 6.47. The Bertz CT molecular complexity index is 315. The quantitative estimate of drug-likeness (QED) is 0.713. The van der Waals surface area contributed by atoms with E-state index in [-0.39, 0.29) is 0 Å². The van der Waals surface area contributed by atoms with E-state index < -0.39 is 0 Å². The number of alkyl halides is 1. The Balaban J connectivity index is 1.86. The van der Waals surface area contributed by atoms with Gasteiger partial charge < -0.3 is 0 Å². The van der Waals surface area contributed by atoms with Crippen molar-refractivity contribution in [2.24, 2.45) is 0 Å². The summed E-state index contributed by atoms with van der Waals surface area (Å²) in [4.78, 5) is 0. The van der Waals surface area contributed by atoms with Gasteiger partial charge in [0.25, 0.3) is 0 Å². The fraction of sp³-hybridized carbons (Fsp3) is 0.769. The molecule has 1 unspecified atom stereocenters. The number of hydrogen-bond donors (Lipinski definition) is 0. The molecule has 1 aromatic rings. The fourth-order valence-electron chi connectivity index (χ4n) is 2.39. The third-order valence-electron chi connectivity index (χ3n) is 3.52. The molecule has 16 heavy (non-hydrogen) atoms. The van der Waals surface area contributed by atoms with Crippen molar-refractivity contribution in [3.05, 3.63) is 18.0 Å².